The average Bonchev–Trinajstić information content (AvgIpc) is 3.79. The van der Waals surface area contributed by atoms with Crippen LogP contribution in [0.15, 0.2) is 41.3 Å². The molecule has 3 fully saturated rings. The summed E-state index contributed by atoms with van der Waals surface area (Å²) < 4.78 is 60.2. The van der Waals surface area contributed by atoms with Crippen molar-refractivity contribution in [2.45, 2.75) is 122 Å². The molecule has 0 unspecified atom stereocenters. The number of aromatic nitrogens is 1. The molecule has 330 valence electrons. The highest BCUT2D eigenvalue weighted by molar-refractivity contribution is 5.91. The summed E-state index contributed by atoms with van der Waals surface area (Å²) in [4.78, 5) is 113. The summed E-state index contributed by atoms with van der Waals surface area (Å²) in [5.41, 5.74) is -10.2. The number of rotatable bonds is 8. The van der Waals surface area contributed by atoms with Crippen molar-refractivity contribution in [1.29, 1.82) is 0 Å². The van der Waals surface area contributed by atoms with Gasteiger partial charge in [0.25, 0.3) is 0 Å². The van der Waals surface area contributed by atoms with Crippen LogP contribution >= 0.6 is 0 Å². The van der Waals surface area contributed by atoms with Gasteiger partial charge < -0.3 is 52.2 Å². The lowest BCUT2D eigenvalue weighted by atomic mass is 9.45. The number of carbonyl (C=O) groups is 8. The lowest BCUT2D eigenvalue weighted by Gasteiger charge is -2.67. The summed E-state index contributed by atoms with van der Waals surface area (Å²) in [5.74, 6) is -12.3. The fourth-order valence-electron chi connectivity index (χ4n) is 9.73. The molecule has 1 N–H and O–H groups in total. The highest BCUT2D eigenvalue weighted by Gasteiger charge is 2.92. The maximum Gasteiger partial charge on any atom is 0.374 e. The Balaban J connectivity index is 1.79. The van der Waals surface area contributed by atoms with E-state index in [1.54, 1.807) is 6.92 Å². The molecular weight excluding hydrogens is 810 g/mol. The van der Waals surface area contributed by atoms with Crippen molar-refractivity contribution >= 4 is 47.8 Å². The summed E-state index contributed by atoms with van der Waals surface area (Å²) in [6, 6.07) is 4.11. The number of ether oxygens (including phenoxy) is 9. The van der Waals surface area contributed by atoms with Gasteiger partial charge in [-0.3, -0.25) is 33.8 Å². The normalized spacial score (nSPS) is 36.5. The highest BCUT2D eigenvalue weighted by Crippen LogP contribution is 2.70. The lowest BCUT2D eigenvalue weighted by Crippen LogP contribution is -2.89. The van der Waals surface area contributed by atoms with Crippen LogP contribution in [0.4, 0.5) is 0 Å². The summed E-state index contributed by atoms with van der Waals surface area (Å²) >= 11 is 0. The Kier molecular flexibility index (Phi) is 11.8. The summed E-state index contributed by atoms with van der Waals surface area (Å²) in [6.07, 6.45) is -8.47. The Morgan fingerprint density at radius 3 is 1.95 bits per heavy atom. The Bertz CT molecular complexity index is 2120. The van der Waals surface area contributed by atoms with Crippen molar-refractivity contribution in [1.82, 2.24) is 4.98 Å². The Labute approximate surface area is 348 Å². The highest BCUT2D eigenvalue weighted by atomic mass is 16.7. The van der Waals surface area contributed by atoms with Crippen LogP contribution < -0.4 is 0 Å². The minimum Gasteiger partial charge on any atom is -0.459 e. The largest absolute Gasteiger partial charge is 0.459 e. The quantitative estimate of drug-likeness (QED) is 0.293. The summed E-state index contributed by atoms with van der Waals surface area (Å²) in [6.45, 7) is 8.51. The number of aliphatic hydroxyl groups is 1. The van der Waals surface area contributed by atoms with Crippen LogP contribution in [-0.2, 0) is 71.4 Å². The van der Waals surface area contributed by atoms with Crippen molar-refractivity contribution in [2.24, 2.45) is 17.3 Å². The number of esters is 8. The molecule has 6 rings (SSSR count). The van der Waals surface area contributed by atoms with Crippen LogP contribution in [0.1, 0.15) is 94.7 Å². The minimum absolute atomic E-state index is 0.0561. The molecule has 2 aliphatic carbocycles. The van der Waals surface area contributed by atoms with Gasteiger partial charge in [-0.2, -0.15) is 0 Å². The predicted octanol–water partition coefficient (Wildman–Crippen LogP) is 1.92. The topological polar surface area (TPSA) is 266 Å². The van der Waals surface area contributed by atoms with Crippen LogP contribution in [0, 0.1) is 17.3 Å². The number of fused-ring (bicyclic) bond motifs is 5. The van der Waals surface area contributed by atoms with Crippen molar-refractivity contribution in [3.63, 3.8) is 0 Å². The maximum atomic E-state index is 14.5. The first-order valence-corrected chi connectivity index (χ1v) is 19.3. The molecule has 0 aromatic carbocycles. The number of carbonyl (C=O) groups excluding carboxylic acids is 8. The SMILES string of the molecule is CC(=O)O[C@H]1[C@@H]2[C@@H](OC(C)=O)[C@@]34O[C@]2(C)COC(=O)c2cnccc2[C@H](C)[C@@H](C)C(=O)O[C@@H]([C@@H](OC(C)=O)[C@@H](OC(C)=O)[C@]3(COC(=O)c2ccco2)[C@@H]1OC(C)=O)[C@@]4(C)O. The van der Waals surface area contributed by atoms with Gasteiger partial charge in [0.2, 0.25) is 5.76 Å². The van der Waals surface area contributed by atoms with E-state index in [0.29, 0.717) is 5.56 Å². The fraction of sp³-hybridized carbons (Fsp3) is 0.585. The molecule has 2 aromatic rings. The van der Waals surface area contributed by atoms with Gasteiger partial charge in [0, 0.05) is 47.0 Å². The van der Waals surface area contributed by atoms with Crippen LogP contribution in [0.3, 0.4) is 0 Å². The van der Waals surface area contributed by atoms with E-state index < -0.39 is 138 Å². The van der Waals surface area contributed by atoms with E-state index in [0.717, 1.165) is 47.8 Å². The monoisotopic (exact) mass is 857 g/mol. The van der Waals surface area contributed by atoms with Crippen LogP contribution in [0.25, 0.3) is 0 Å². The second-order valence-electron chi connectivity index (χ2n) is 16.1. The molecular formula is C41H47NO19. The second-order valence-corrected chi connectivity index (χ2v) is 16.1. The number of hydrogen-bond acceptors (Lipinski definition) is 20. The number of pyridine rings is 1. The Hall–Kier alpha value is -5.89. The van der Waals surface area contributed by atoms with Gasteiger partial charge in [-0.1, -0.05) is 13.8 Å². The smallest absolute Gasteiger partial charge is 0.374 e. The number of furan rings is 1. The molecule has 0 amide bonds. The molecule has 2 aromatic heterocycles. The molecule has 13 atom stereocenters. The molecule has 4 bridgehead atoms. The Morgan fingerprint density at radius 1 is 0.803 bits per heavy atom. The molecule has 4 aliphatic rings. The Morgan fingerprint density at radius 2 is 1.38 bits per heavy atom. The van der Waals surface area contributed by atoms with Gasteiger partial charge in [0.1, 0.15) is 42.0 Å². The molecule has 2 aliphatic heterocycles. The average molecular weight is 858 g/mol. The minimum atomic E-state index is -2.87. The number of cyclic esters (lactones) is 1. The van der Waals surface area contributed by atoms with Gasteiger partial charge >= 0.3 is 47.8 Å². The standard InChI is InChI=1S/C41H47NO19/c1-18-19(2)35(48)60-32-30(56-21(4)44)34(59-24(7)47)40(17-54-37(50)27-11-10-14-52-27)33(58-23(6)46)29(55-20(3)43)28-31(57-22(5)45)41(40,39(32,9)51)61-38(28,8)16-53-36(49)26-15-42-13-12-25(18)26/h10-15,18-19,28-34,51H,16-17H2,1-9H3/t18-,19-,28-,29+,30-,31-,32+,33-,34-,38-,39-,40+,41+/m1/s1. The van der Waals surface area contributed by atoms with Crippen molar-refractivity contribution in [3.8, 4) is 0 Å². The summed E-state index contributed by atoms with van der Waals surface area (Å²) in [7, 11) is 0. The fourth-order valence-corrected chi connectivity index (χ4v) is 9.73. The van der Waals surface area contributed by atoms with Gasteiger partial charge in [0.15, 0.2) is 30.0 Å². The molecule has 2 saturated carbocycles. The zero-order valence-corrected chi connectivity index (χ0v) is 34.8. The van der Waals surface area contributed by atoms with Crippen molar-refractivity contribution in [2.75, 3.05) is 13.2 Å². The number of hydrogen-bond donors (Lipinski definition) is 1. The van der Waals surface area contributed by atoms with Crippen LogP contribution in [0.2, 0.25) is 0 Å². The zero-order chi connectivity index (χ0) is 45.0. The molecule has 61 heavy (non-hydrogen) atoms. The van der Waals surface area contributed by atoms with E-state index in [4.69, 9.17) is 47.0 Å². The first kappa shape index (κ1) is 44.7. The second kappa shape index (κ2) is 16.2. The van der Waals surface area contributed by atoms with Gasteiger partial charge in [-0.05, 0) is 43.5 Å². The van der Waals surface area contributed by atoms with E-state index in [1.807, 2.05) is 0 Å². The first-order valence-electron chi connectivity index (χ1n) is 19.3. The maximum absolute atomic E-state index is 14.5. The van der Waals surface area contributed by atoms with Gasteiger partial charge in [0.05, 0.1) is 23.7 Å². The third kappa shape index (κ3) is 7.28. The van der Waals surface area contributed by atoms with E-state index in [1.165, 1.54) is 44.4 Å². The lowest BCUT2D eigenvalue weighted by molar-refractivity contribution is -0.386. The number of nitrogens with zero attached hydrogens (tertiary/aromatic N) is 1. The molecule has 4 heterocycles. The first-order chi connectivity index (χ1) is 28.5. The van der Waals surface area contributed by atoms with Gasteiger partial charge in [-0.15, -0.1) is 0 Å². The van der Waals surface area contributed by atoms with E-state index in [2.05, 4.69) is 4.98 Å². The van der Waals surface area contributed by atoms with Gasteiger partial charge in [-0.25, -0.2) is 9.59 Å². The van der Waals surface area contributed by atoms with E-state index in [-0.39, 0.29) is 11.3 Å². The van der Waals surface area contributed by atoms with Crippen molar-refractivity contribution < 1.29 is 90.5 Å². The molecule has 1 spiro atoms. The molecule has 1 saturated heterocycles. The van der Waals surface area contributed by atoms with Crippen LogP contribution in [-0.4, -0.2) is 124 Å². The third-order valence-electron chi connectivity index (χ3n) is 12.2. The third-order valence-corrected chi connectivity index (χ3v) is 12.2. The predicted molar refractivity (Wildman–Crippen MR) is 198 cm³/mol. The molecule has 20 heteroatoms. The van der Waals surface area contributed by atoms with E-state index >= 15 is 0 Å². The molecule has 20 nitrogen and oxygen atoms in total. The van der Waals surface area contributed by atoms with Crippen molar-refractivity contribution in [3.05, 3.63) is 53.7 Å². The van der Waals surface area contributed by atoms with E-state index in [9.17, 15) is 43.5 Å². The summed E-state index contributed by atoms with van der Waals surface area (Å²) in [5, 5.41) is 13.6. The molecule has 0 radical (unpaired) electrons. The van der Waals surface area contributed by atoms with Crippen LogP contribution in [0.5, 0.6) is 0 Å². The zero-order valence-electron chi connectivity index (χ0n) is 34.8.